The number of hydrogen-bond donors (Lipinski definition) is 1. The molecule has 3 nitrogen and oxygen atoms in total. The quantitative estimate of drug-likeness (QED) is 0.802. The standard InChI is InChI=1S/C17H28N2O/c1-3-10-18-17-15(8-6-11-19-17)13-20-16-9-5-7-14(4-2)12-16/h6,8,11,14,16H,3-5,7,9-10,12-13H2,1-2H3,(H,18,19). The molecule has 1 aromatic rings. The molecule has 2 unspecified atom stereocenters. The second-order valence-electron chi connectivity index (χ2n) is 5.81. The van der Waals surface area contributed by atoms with Gasteiger partial charge in [-0.05, 0) is 31.2 Å². The summed E-state index contributed by atoms with van der Waals surface area (Å²) in [6.07, 6.45) is 9.82. The summed E-state index contributed by atoms with van der Waals surface area (Å²) in [6.45, 7) is 6.10. The summed E-state index contributed by atoms with van der Waals surface area (Å²) in [6, 6.07) is 4.11. The van der Waals surface area contributed by atoms with Crippen molar-refractivity contribution in [1.82, 2.24) is 4.98 Å². The first-order chi connectivity index (χ1) is 9.83. The number of nitrogens with zero attached hydrogens (tertiary/aromatic N) is 1. The van der Waals surface area contributed by atoms with E-state index in [9.17, 15) is 0 Å². The zero-order valence-corrected chi connectivity index (χ0v) is 12.9. The molecule has 0 saturated heterocycles. The summed E-state index contributed by atoms with van der Waals surface area (Å²) in [5.41, 5.74) is 1.18. The predicted octanol–water partition coefficient (Wildman–Crippen LogP) is 4.39. The highest BCUT2D eigenvalue weighted by Crippen LogP contribution is 2.29. The Morgan fingerprint density at radius 2 is 2.25 bits per heavy atom. The smallest absolute Gasteiger partial charge is 0.131 e. The number of hydrogen-bond acceptors (Lipinski definition) is 3. The molecule has 1 N–H and O–H groups in total. The predicted molar refractivity (Wildman–Crippen MR) is 83.8 cm³/mol. The monoisotopic (exact) mass is 276 g/mol. The first kappa shape index (κ1) is 15.3. The molecule has 1 aromatic heterocycles. The van der Waals surface area contributed by atoms with Crippen LogP contribution in [0.4, 0.5) is 5.82 Å². The van der Waals surface area contributed by atoms with Crippen LogP contribution in [-0.4, -0.2) is 17.6 Å². The van der Waals surface area contributed by atoms with Gasteiger partial charge in [-0.2, -0.15) is 0 Å². The number of ether oxygens (including phenoxy) is 1. The van der Waals surface area contributed by atoms with E-state index in [1.54, 1.807) is 0 Å². The van der Waals surface area contributed by atoms with Crippen molar-refractivity contribution >= 4 is 5.82 Å². The molecule has 0 amide bonds. The minimum Gasteiger partial charge on any atom is -0.373 e. The molecule has 20 heavy (non-hydrogen) atoms. The molecule has 3 heteroatoms. The average Bonchev–Trinajstić information content (AvgIpc) is 2.52. The summed E-state index contributed by atoms with van der Waals surface area (Å²) in [7, 11) is 0. The van der Waals surface area contributed by atoms with Crippen LogP contribution in [-0.2, 0) is 11.3 Å². The van der Waals surface area contributed by atoms with Gasteiger partial charge in [0.15, 0.2) is 0 Å². The first-order valence-corrected chi connectivity index (χ1v) is 8.12. The van der Waals surface area contributed by atoms with E-state index in [1.807, 2.05) is 12.3 Å². The van der Waals surface area contributed by atoms with Gasteiger partial charge in [-0.1, -0.05) is 39.2 Å². The highest BCUT2D eigenvalue weighted by Gasteiger charge is 2.21. The van der Waals surface area contributed by atoms with Crippen LogP contribution in [0.5, 0.6) is 0 Å². The molecule has 1 saturated carbocycles. The molecule has 1 fully saturated rings. The van der Waals surface area contributed by atoms with Crippen molar-refractivity contribution in [2.24, 2.45) is 5.92 Å². The third kappa shape index (κ3) is 4.48. The second-order valence-corrected chi connectivity index (χ2v) is 5.81. The zero-order chi connectivity index (χ0) is 14.2. The maximum absolute atomic E-state index is 6.14. The average molecular weight is 276 g/mol. The lowest BCUT2D eigenvalue weighted by Gasteiger charge is -2.28. The Morgan fingerprint density at radius 1 is 1.35 bits per heavy atom. The SMILES string of the molecule is CCCNc1ncccc1COC1CCCC(CC)C1. The van der Waals surface area contributed by atoms with E-state index in [1.165, 1.54) is 37.7 Å². The van der Waals surface area contributed by atoms with Crippen LogP contribution >= 0.6 is 0 Å². The molecule has 2 atom stereocenters. The van der Waals surface area contributed by atoms with Crippen molar-refractivity contribution in [3.63, 3.8) is 0 Å². The molecule has 0 spiro atoms. The minimum absolute atomic E-state index is 0.438. The Labute approximate surface area is 123 Å². The summed E-state index contributed by atoms with van der Waals surface area (Å²) in [5, 5.41) is 3.38. The molecule has 112 valence electrons. The van der Waals surface area contributed by atoms with Gasteiger partial charge in [-0.3, -0.25) is 0 Å². The van der Waals surface area contributed by atoms with Crippen LogP contribution in [0.2, 0.25) is 0 Å². The van der Waals surface area contributed by atoms with Crippen LogP contribution in [0.15, 0.2) is 18.3 Å². The van der Waals surface area contributed by atoms with E-state index in [2.05, 4.69) is 30.2 Å². The maximum atomic E-state index is 6.14. The zero-order valence-electron chi connectivity index (χ0n) is 12.9. The van der Waals surface area contributed by atoms with Crippen molar-refractivity contribution in [2.45, 2.75) is 65.1 Å². The Kier molecular flexibility index (Phi) is 6.31. The van der Waals surface area contributed by atoms with Crippen molar-refractivity contribution in [3.8, 4) is 0 Å². The minimum atomic E-state index is 0.438. The Morgan fingerprint density at radius 3 is 3.05 bits per heavy atom. The fourth-order valence-electron chi connectivity index (χ4n) is 2.93. The fourth-order valence-corrected chi connectivity index (χ4v) is 2.93. The van der Waals surface area contributed by atoms with Crippen LogP contribution in [0.25, 0.3) is 0 Å². The van der Waals surface area contributed by atoms with Gasteiger partial charge >= 0.3 is 0 Å². The number of anilines is 1. The molecule has 2 rings (SSSR count). The lowest BCUT2D eigenvalue weighted by molar-refractivity contribution is 0.00191. The van der Waals surface area contributed by atoms with Gasteiger partial charge < -0.3 is 10.1 Å². The number of rotatable bonds is 7. The van der Waals surface area contributed by atoms with Crippen molar-refractivity contribution in [3.05, 3.63) is 23.9 Å². The van der Waals surface area contributed by atoms with Gasteiger partial charge in [0, 0.05) is 18.3 Å². The van der Waals surface area contributed by atoms with E-state index in [0.717, 1.165) is 24.7 Å². The molecule has 1 aliphatic carbocycles. The lowest BCUT2D eigenvalue weighted by Crippen LogP contribution is -2.22. The lowest BCUT2D eigenvalue weighted by atomic mass is 9.85. The van der Waals surface area contributed by atoms with E-state index in [4.69, 9.17) is 4.74 Å². The molecule has 0 radical (unpaired) electrons. The third-order valence-corrected chi connectivity index (χ3v) is 4.22. The Hall–Kier alpha value is -1.09. The van der Waals surface area contributed by atoms with Crippen molar-refractivity contribution in [2.75, 3.05) is 11.9 Å². The third-order valence-electron chi connectivity index (χ3n) is 4.22. The summed E-state index contributed by atoms with van der Waals surface area (Å²) in [4.78, 5) is 4.42. The first-order valence-electron chi connectivity index (χ1n) is 8.12. The van der Waals surface area contributed by atoms with Gasteiger partial charge in [-0.25, -0.2) is 4.98 Å². The summed E-state index contributed by atoms with van der Waals surface area (Å²) < 4.78 is 6.14. The molecule has 0 aromatic carbocycles. The molecule has 1 heterocycles. The van der Waals surface area contributed by atoms with E-state index >= 15 is 0 Å². The Balaban J connectivity index is 1.86. The largest absolute Gasteiger partial charge is 0.373 e. The van der Waals surface area contributed by atoms with E-state index in [0.29, 0.717) is 12.7 Å². The van der Waals surface area contributed by atoms with E-state index in [-0.39, 0.29) is 0 Å². The van der Waals surface area contributed by atoms with Gasteiger partial charge in [-0.15, -0.1) is 0 Å². The second kappa shape index (κ2) is 8.25. The maximum Gasteiger partial charge on any atom is 0.131 e. The molecule has 1 aliphatic rings. The number of aromatic nitrogens is 1. The number of nitrogens with one attached hydrogen (secondary N) is 1. The van der Waals surface area contributed by atoms with Crippen molar-refractivity contribution in [1.29, 1.82) is 0 Å². The summed E-state index contributed by atoms with van der Waals surface area (Å²) in [5.74, 6) is 1.84. The van der Waals surface area contributed by atoms with Crippen LogP contribution in [0.1, 0.15) is 57.9 Å². The number of pyridine rings is 1. The van der Waals surface area contributed by atoms with Gasteiger partial charge in [0.2, 0.25) is 0 Å². The van der Waals surface area contributed by atoms with E-state index < -0.39 is 0 Å². The van der Waals surface area contributed by atoms with Gasteiger partial charge in [0.25, 0.3) is 0 Å². The van der Waals surface area contributed by atoms with Crippen LogP contribution < -0.4 is 5.32 Å². The van der Waals surface area contributed by atoms with Crippen molar-refractivity contribution < 1.29 is 4.74 Å². The highest BCUT2D eigenvalue weighted by molar-refractivity contribution is 5.43. The van der Waals surface area contributed by atoms with Crippen LogP contribution in [0.3, 0.4) is 0 Å². The summed E-state index contributed by atoms with van der Waals surface area (Å²) >= 11 is 0. The Bertz CT molecular complexity index is 394. The van der Waals surface area contributed by atoms with Crippen LogP contribution in [0, 0.1) is 5.92 Å². The highest BCUT2D eigenvalue weighted by atomic mass is 16.5. The molecule has 0 bridgehead atoms. The molecule has 0 aliphatic heterocycles. The molecular weight excluding hydrogens is 248 g/mol. The van der Waals surface area contributed by atoms with Gasteiger partial charge in [0.05, 0.1) is 12.7 Å². The topological polar surface area (TPSA) is 34.2 Å². The van der Waals surface area contributed by atoms with Gasteiger partial charge in [0.1, 0.15) is 5.82 Å². The normalized spacial score (nSPS) is 22.7. The fraction of sp³-hybridized carbons (Fsp3) is 0.706. The molecular formula is C17H28N2O.